The molecule has 0 spiro atoms. The highest BCUT2D eigenvalue weighted by molar-refractivity contribution is 7.17. The van der Waals surface area contributed by atoms with Gasteiger partial charge in [-0.2, -0.15) is 13.2 Å². The van der Waals surface area contributed by atoms with Gasteiger partial charge in [0, 0.05) is 7.05 Å². The second-order valence-corrected chi connectivity index (χ2v) is 3.80. The van der Waals surface area contributed by atoms with E-state index < -0.39 is 18.6 Å². The first-order chi connectivity index (χ1) is 6.92. The number of rotatable bonds is 3. The van der Waals surface area contributed by atoms with Crippen LogP contribution >= 0.6 is 11.3 Å². The smallest absolute Gasteiger partial charge is 0.380 e. The van der Waals surface area contributed by atoms with E-state index in [9.17, 15) is 18.0 Å². The average molecular weight is 238 g/mol. The van der Waals surface area contributed by atoms with Gasteiger partial charge in [-0.3, -0.25) is 4.79 Å². The van der Waals surface area contributed by atoms with Gasteiger partial charge in [-0.15, -0.1) is 11.3 Å². The normalized spacial score (nSPS) is 11.2. The lowest BCUT2D eigenvalue weighted by Crippen LogP contribution is -2.33. The third-order valence-corrected chi connectivity index (χ3v) is 2.63. The molecule has 1 aromatic heterocycles. The monoisotopic (exact) mass is 238 g/mol. The van der Waals surface area contributed by atoms with E-state index in [4.69, 9.17) is 0 Å². The fourth-order valence-electron chi connectivity index (χ4n) is 0.862. The van der Waals surface area contributed by atoms with E-state index in [0.717, 1.165) is 16.3 Å². The Morgan fingerprint density at radius 1 is 1.47 bits per heavy atom. The van der Waals surface area contributed by atoms with Gasteiger partial charge in [0.1, 0.15) is 6.54 Å². The zero-order valence-corrected chi connectivity index (χ0v) is 8.63. The lowest BCUT2D eigenvalue weighted by Gasteiger charge is -2.06. The van der Waals surface area contributed by atoms with Gasteiger partial charge in [-0.25, -0.2) is 0 Å². The number of carbonyl (C=O) groups excluding carboxylic acids is 1. The second kappa shape index (κ2) is 4.52. The zero-order chi connectivity index (χ0) is 11.5. The Labute approximate surface area is 88.3 Å². The summed E-state index contributed by atoms with van der Waals surface area (Å²) in [4.78, 5) is 11.4. The van der Waals surface area contributed by atoms with E-state index >= 15 is 0 Å². The van der Waals surface area contributed by atoms with Gasteiger partial charge in [0.25, 0.3) is 5.91 Å². The Hall–Kier alpha value is -1.24. The Bertz CT molecular complexity index is 348. The quantitative estimate of drug-likeness (QED) is 0.846. The minimum Gasteiger partial charge on any atom is -0.380 e. The molecule has 1 aromatic rings. The van der Waals surface area contributed by atoms with Crippen LogP contribution in [-0.2, 0) is 0 Å². The van der Waals surface area contributed by atoms with Gasteiger partial charge >= 0.3 is 6.18 Å². The number of anilines is 1. The molecule has 0 aliphatic rings. The summed E-state index contributed by atoms with van der Waals surface area (Å²) in [6.07, 6.45) is -4.38. The highest BCUT2D eigenvalue weighted by Gasteiger charge is 2.28. The third-order valence-electron chi connectivity index (χ3n) is 1.53. The molecule has 0 aliphatic heterocycles. The van der Waals surface area contributed by atoms with E-state index in [-0.39, 0.29) is 4.88 Å². The molecular weight excluding hydrogens is 229 g/mol. The van der Waals surface area contributed by atoms with Crippen molar-refractivity contribution in [2.24, 2.45) is 0 Å². The van der Waals surface area contributed by atoms with Crippen molar-refractivity contribution in [3.05, 3.63) is 17.0 Å². The van der Waals surface area contributed by atoms with Gasteiger partial charge in [-0.05, 0) is 12.1 Å². The van der Waals surface area contributed by atoms with Crippen molar-refractivity contribution in [2.45, 2.75) is 6.18 Å². The lowest BCUT2D eigenvalue weighted by molar-refractivity contribution is -0.123. The van der Waals surface area contributed by atoms with Crippen molar-refractivity contribution in [2.75, 3.05) is 18.9 Å². The van der Waals surface area contributed by atoms with Gasteiger partial charge in [0.05, 0.1) is 9.88 Å². The van der Waals surface area contributed by atoms with Crippen molar-refractivity contribution in [1.29, 1.82) is 0 Å². The fraction of sp³-hybridized carbons (Fsp3) is 0.375. The number of thiophene rings is 1. The van der Waals surface area contributed by atoms with E-state index in [0.29, 0.717) is 0 Å². The largest absolute Gasteiger partial charge is 0.405 e. The Balaban J connectivity index is 2.54. The van der Waals surface area contributed by atoms with E-state index in [1.807, 2.05) is 0 Å². The van der Waals surface area contributed by atoms with E-state index in [2.05, 4.69) is 5.32 Å². The molecule has 3 nitrogen and oxygen atoms in total. The highest BCUT2D eigenvalue weighted by Crippen LogP contribution is 2.21. The van der Waals surface area contributed by atoms with Crippen LogP contribution in [0.4, 0.5) is 18.2 Å². The summed E-state index contributed by atoms with van der Waals surface area (Å²) in [5.74, 6) is -0.709. The number of halogens is 3. The summed E-state index contributed by atoms with van der Waals surface area (Å²) >= 11 is 1.10. The van der Waals surface area contributed by atoms with Crippen LogP contribution in [0.1, 0.15) is 9.67 Å². The minimum absolute atomic E-state index is 0.253. The third kappa shape index (κ3) is 3.78. The van der Waals surface area contributed by atoms with Crippen LogP contribution in [-0.4, -0.2) is 25.7 Å². The van der Waals surface area contributed by atoms with Crippen LogP contribution in [0.5, 0.6) is 0 Å². The zero-order valence-electron chi connectivity index (χ0n) is 7.81. The molecule has 1 rings (SSSR count). The average Bonchev–Trinajstić information content (AvgIpc) is 2.61. The molecule has 2 N–H and O–H groups in total. The SMILES string of the molecule is CNc1ccc(C(=O)NCC(F)(F)F)s1. The van der Waals surface area contributed by atoms with Crippen molar-refractivity contribution in [3.63, 3.8) is 0 Å². The van der Waals surface area contributed by atoms with Crippen LogP contribution in [0.3, 0.4) is 0 Å². The van der Waals surface area contributed by atoms with Gasteiger partial charge < -0.3 is 10.6 Å². The first-order valence-corrected chi connectivity index (χ1v) is 4.86. The van der Waals surface area contributed by atoms with Gasteiger partial charge in [-0.1, -0.05) is 0 Å². The molecule has 0 saturated heterocycles. The molecular formula is C8H9F3N2OS. The molecule has 0 atom stereocenters. The number of hydrogen-bond acceptors (Lipinski definition) is 3. The summed E-state index contributed by atoms with van der Waals surface area (Å²) in [7, 11) is 1.67. The molecule has 0 fully saturated rings. The van der Waals surface area contributed by atoms with Crippen LogP contribution in [0.25, 0.3) is 0 Å². The summed E-state index contributed by atoms with van der Waals surface area (Å²) in [6.45, 7) is -1.31. The summed E-state index contributed by atoms with van der Waals surface area (Å²) in [5, 5.41) is 5.31. The maximum Gasteiger partial charge on any atom is 0.405 e. The van der Waals surface area contributed by atoms with Crippen LogP contribution < -0.4 is 10.6 Å². The molecule has 0 unspecified atom stereocenters. The van der Waals surface area contributed by atoms with Crippen LogP contribution in [0.15, 0.2) is 12.1 Å². The van der Waals surface area contributed by atoms with Crippen molar-refractivity contribution < 1.29 is 18.0 Å². The number of carbonyl (C=O) groups is 1. The topological polar surface area (TPSA) is 41.1 Å². The molecule has 15 heavy (non-hydrogen) atoms. The van der Waals surface area contributed by atoms with E-state index in [1.54, 1.807) is 18.4 Å². The molecule has 84 valence electrons. The Morgan fingerprint density at radius 3 is 2.60 bits per heavy atom. The van der Waals surface area contributed by atoms with E-state index in [1.165, 1.54) is 6.07 Å². The molecule has 0 bridgehead atoms. The predicted molar refractivity (Wildman–Crippen MR) is 52.3 cm³/mol. The minimum atomic E-state index is -4.38. The van der Waals surface area contributed by atoms with Crippen molar-refractivity contribution in [3.8, 4) is 0 Å². The first kappa shape index (κ1) is 11.8. The molecule has 0 aromatic carbocycles. The molecule has 1 heterocycles. The maximum atomic E-state index is 11.8. The summed E-state index contributed by atoms with van der Waals surface area (Å²) in [6, 6.07) is 3.11. The van der Waals surface area contributed by atoms with Gasteiger partial charge in [0.2, 0.25) is 0 Å². The Morgan fingerprint density at radius 2 is 2.13 bits per heavy atom. The molecule has 0 aliphatic carbocycles. The maximum absolute atomic E-state index is 11.8. The highest BCUT2D eigenvalue weighted by atomic mass is 32.1. The molecule has 0 radical (unpaired) electrons. The molecule has 0 saturated carbocycles. The number of hydrogen-bond donors (Lipinski definition) is 2. The Kier molecular flexibility index (Phi) is 3.57. The summed E-state index contributed by atoms with van der Waals surface area (Å²) < 4.78 is 35.3. The lowest BCUT2D eigenvalue weighted by atomic mass is 10.4. The second-order valence-electron chi connectivity index (χ2n) is 2.71. The van der Waals surface area contributed by atoms with Crippen molar-refractivity contribution in [1.82, 2.24) is 5.32 Å². The first-order valence-electron chi connectivity index (χ1n) is 4.05. The van der Waals surface area contributed by atoms with Crippen molar-refractivity contribution >= 4 is 22.2 Å². The number of nitrogens with one attached hydrogen (secondary N) is 2. The predicted octanol–water partition coefficient (Wildman–Crippen LogP) is 2.08. The molecule has 1 amide bonds. The van der Waals surface area contributed by atoms with Crippen LogP contribution in [0.2, 0.25) is 0 Å². The standard InChI is InChI=1S/C8H9F3N2OS/c1-12-6-3-2-5(15-6)7(14)13-4-8(9,10)11/h2-3,12H,4H2,1H3,(H,13,14). The fourth-order valence-corrected chi connectivity index (χ4v) is 1.64. The summed E-state index contributed by atoms with van der Waals surface area (Å²) in [5.41, 5.74) is 0. The molecule has 7 heteroatoms. The number of alkyl halides is 3. The van der Waals surface area contributed by atoms with Crippen LogP contribution in [0, 0.1) is 0 Å². The number of amides is 1. The van der Waals surface area contributed by atoms with Gasteiger partial charge in [0.15, 0.2) is 0 Å².